The van der Waals surface area contributed by atoms with Gasteiger partial charge in [0.15, 0.2) is 0 Å². The van der Waals surface area contributed by atoms with Crippen molar-refractivity contribution >= 4 is 0 Å². The van der Waals surface area contributed by atoms with E-state index in [1.165, 1.54) is 33.6 Å². The van der Waals surface area contributed by atoms with Crippen molar-refractivity contribution < 1.29 is 18.6 Å². The maximum Gasteiger partial charge on any atom is 0.240 e. The van der Waals surface area contributed by atoms with Crippen molar-refractivity contribution in [1.29, 1.82) is 0 Å². The zero-order chi connectivity index (χ0) is 15.4. The summed E-state index contributed by atoms with van der Waals surface area (Å²) in [5.74, 6) is 0.305. The molecule has 2 N–H and O–H groups in total. The highest BCUT2D eigenvalue weighted by atomic mass is 19.1. The molecule has 0 amide bonds. The zero-order valence-corrected chi connectivity index (χ0v) is 12.0. The van der Waals surface area contributed by atoms with Crippen LogP contribution in [0.3, 0.4) is 0 Å². The Hall–Kier alpha value is -2.41. The van der Waals surface area contributed by atoms with Gasteiger partial charge in [0.1, 0.15) is 17.3 Å². The molecule has 7 heteroatoms. The average molecular weight is 293 g/mol. The minimum Gasteiger partial charge on any atom is -0.496 e. The van der Waals surface area contributed by atoms with Gasteiger partial charge in [0.05, 0.1) is 39.1 Å². The van der Waals surface area contributed by atoms with E-state index in [0.29, 0.717) is 11.4 Å². The molecule has 1 aromatic carbocycles. The van der Waals surface area contributed by atoms with E-state index in [1.54, 1.807) is 12.1 Å². The number of hydrogen-bond donors (Lipinski definition) is 1. The van der Waals surface area contributed by atoms with Crippen LogP contribution < -0.4 is 19.9 Å². The molecule has 0 aliphatic rings. The molecular formula is C14H16FN3O3. The van der Waals surface area contributed by atoms with Crippen molar-refractivity contribution in [2.24, 2.45) is 5.73 Å². The molecule has 0 saturated heterocycles. The Labute approximate surface area is 121 Å². The van der Waals surface area contributed by atoms with Crippen molar-refractivity contribution in [2.75, 3.05) is 21.3 Å². The predicted octanol–water partition coefficient (Wildman–Crippen LogP) is 1.69. The first-order valence-corrected chi connectivity index (χ1v) is 6.15. The monoisotopic (exact) mass is 293 g/mol. The van der Waals surface area contributed by atoms with Crippen LogP contribution in [0.5, 0.6) is 17.5 Å². The maximum atomic E-state index is 14.1. The molecule has 1 atom stereocenters. The number of nitrogens with zero attached hydrogens (tertiary/aromatic N) is 2. The summed E-state index contributed by atoms with van der Waals surface area (Å²) in [4.78, 5) is 8.24. The van der Waals surface area contributed by atoms with Crippen LogP contribution in [0.15, 0.2) is 24.4 Å². The van der Waals surface area contributed by atoms with E-state index in [2.05, 4.69) is 9.97 Å². The molecule has 0 spiro atoms. The first kappa shape index (κ1) is 15.0. The number of methoxy groups -OCH3 is 3. The van der Waals surface area contributed by atoms with Crippen LogP contribution >= 0.6 is 0 Å². The van der Waals surface area contributed by atoms with E-state index >= 15 is 0 Å². The van der Waals surface area contributed by atoms with E-state index in [4.69, 9.17) is 19.9 Å². The van der Waals surface area contributed by atoms with E-state index in [1.807, 2.05) is 0 Å². The number of ether oxygens (including phenoxy) is 3. The Kier molecular flexibility index (Phi) is 4.54. The summed E-state index contributed by atoms with van der Waals surface area (Å²) in [5.41, 5.74) is 6.60. The minimum atomic E-state index is -0.880. The third-order valence-corrected chi connectivity index (χ3v) is 2.99. The van der Waals surface area contributed by atoms with Crippen molar-refractivity contribution in [3.8, 4) is 17.5 Å². The summed E-state index contributed by atoms with van der Waals surface area (Å²) in [6.45, 7) is 0. The van der Waals surface area contributed by atoms with Crippen LogP contribution in [0.1, 0.15) is 17.3 Å². The summed E-state index contributed by atoms with van der Waals surface area (Å²) in [6, 6.07) is 3.60. The van der Waals surface area contributed by atoms with Gasteiger partial charge in [0, 0.05) is 0 Å². The van der Waals surface area contributed by atoms with Gasteiger partial charge >= 0.3 is 0 Å². The molecule has 0 radical (unpaired) electrons. The van der Waals surface area contributed by atoms with Gasteiger partial charge in [-0.15, -0.1) is 0 Å². The third kappa shape index (κ3) is 2.87. The molecule has 21 heavy (non-hydrogen) atoms. The Bertz CT molecular complexity index is 637. The molecule has 2 aromatic rings. The summed E-state index contributed by atoms with van der Waals surface area (Å²) in [5, 5.41) is 0. The fraction of sp³-hybridized carbons (Fsp3) is 0.286. The number of aromatic nitrogens is 2. The van der Waals surface area contributed by atoms with Crippen LogP contribution in [0.4, 0.5) is 4.39 Å². The van der Waals surface area contributed by atoms with E-state index in [9.17, 15) is 4.39 Å². The predicted molar refractivity (Wildman–Crippen MR) is 74.1 cm³/mol. The molecule has 0 aliphatic carbocycles. The van der Waals surface area contributed by atoms with Crippen molar-refractivity contribution in [1.82, 2.24) is 9.97 Å². The number of nitrogens with two attached hydrogens (primary N) is 1. The Balaban J connectivity index is 2.52. The van der Waals surface area contributed by atoms with Crippen LogP contribution in [-0.4, -0.2) is 31.3 Å². The smallest absolute Gasteiger partial charge is 0.240 e. The van der Waals surface area contributed by atoms with Crippen molar-refractivity contribution in [2.45, 2.75) is 6.04 Å². The molecule has 0 aliphatic heterocycles. The van der Waals surface area contributed by atoms with Gasteiger partial charge in [-0.3, -0.25) is 0 Å². The highest BCUT2D eigenvalue weighted by molar-refractivity contribution is 5.43. The Morgan fingerprint density at radius 2 is 1.90 bits per heavy atom. The molecular weight excluding hydrogens is 277 g/mol. The lowest BCUT2D eigenvalue weighted by atomic mass is 10.0. The van der Waals surface area contributed by atoms with Crippen LogP contribution in [0.25, 0.3) is 0 Å². The third-order valence-electron chi connectivity index (χ3n) is 2.99. The molecule has 112 valence electrons. The Morgan fingerprint density at radius 1 is 1.14 bits per heavy atom. The SMILES string of the molecule is COc1cnc(C(N)c2c(F)cccc2OC)c(OC)n1. The highest BCUT2D eigenvalue weighted by Crippen LogP contribution is 2.33. The van der Waals surface area contributed by atoms with E-state index in [-0.39, 0.29) is 17.3 Å². The van der Waals surface area contributed by atoms with E-state index < -0.39 is 11.9 Å². The fourth-order valence-corrected chi connectivity index (χ4v) is 1.96. The molecule has 2 rings (SSSR count). The van der Waals surface area contributed by atoms with Crippen LogP contribution in [0, 0.1) is 5.82 Å². The molecule has 1 heterocycles. The zero-order valence-electron chi connectivity index (χ0n) is 12.0. The lowest BCUT2D eigenvalue weighted by molar-refractivity contribution is 0.353. The summed E-state index contributed by atoms with van der Waals surface area (Å²) in [6.07, 6.45) is 1.39. The van der Waals surface area contributed by atoms with E-state index in [0.717, 1.165) is 0 Å². The number of halogens is 1. The second kappa shape index (κ2) is 6.36. The summed E-state index contributed by atoms with van der Waals surface area (Å²) in [7, 11) is 4.34. The van der Waals surface area contributed by atoms with Gasteiger partial charge in [-0.05, 0) is 12.1 Å². The van der Waals surface area contributed by atoms with Gasteiger partial charge in [-0.1, -0.05) is 6.07 Å². The number of rotatable bonds is 5. The Morgan fingerprint density at radius 3 is 2.52 bits per heavy atom. The average Bonchev–Trinajstić information content (AvgIpc) is 2.53. The molecule has 0 fully saturated rings. The van der Waals surface area contributed by atoms with Gasteiger partial charge in [-0.25, -0.2) is 9.37 Å². The van der Waals surface area contributed by atoms with Gasteiger partial charge < -0.3 is 19.9 Å². The largest absolute Gasteiger partial charge is 0.496 e. The number of benzene rings is 1. The summed E-state index contributed by atoms with van der Waals surface area (Å²) < 4.78 is 29.4. The van der Waals surface area contributed by atoms with Gasteiger partial charge in [0.2, 0.25) is 11.8 Å². The first-order chi connectivity index (χ1) is 10.1. The quantitative estimate of drug-likeness (QED) is 0.903. The topological polar surface area (TPSA) is 79.5 Å². The van der Waals surface area contributed by atoms with Crippen molar-refractivity contribution in [3.05, 3.63) is 41.5 Å². The van der Waals surface area contributed by atoms with Crippen molar-refractivity contribution in [3.63, 3.8) is 0 Å². The molecule has 1 unspecified atom stereocenters. The highest BCUT2D eigenvalue weighted by Gasteiger charge is 2.24. The second-order valence-corrected chi connectivity index (χ2v) is 4.14. The fourth-order valence-electron chi connectivity index (χ4n) is 1.96. The molecule has 6 nitrogen and oxygen atoms in total. The van der Waals surface area contributed by atoms with Crippen LogP contribution in [-0.2, 0) is 0 Å². The maximum absolute atomic E-state index is 14.1. The molecule has 1 aromatic heterocycles. The number of hydrogen-bond acceptors (Lipinski definition) is 6. The molecule has 0 saturated carbocycles. The standard InChI is InChI=1S/C14H16FN3O3/c1-19-9-6-4-5-8(15)11(9)12(16)13-14(21-3)18-10(20-2)7-17-13/h4-7,12H,16H2,1-3H3. The van der Waals surface area contributed by atoms with Crippen LogP contribution in [0.2, 0.25) is 0 Å². The van der Waals surface area contributed by atoms with Gasteiger partial charge in [0.25, 0.3) is 0 Å². The lowest BCUT2D eigenvalue weighted by Crippen LogP contribution is -2.18. The second-order valence-electron chi connectivity index (χ2n) is 4.14. The molecule has 0 bridgehead atoms. The summed E-state index contributed by atoms with van der Waals surface area (Å²) >= 11 is 0. The first-order valence-electron chi connectivity index (χ1n) is 6.15. The van der Waals surface area contributed by atoms with Gasteiger partial charge in [-0.2, -0.15) is 4.98 Å². The normalized spacial score (nSPS) is 11.9. The lowest BCUT2D eigenvalue weighted by Gasteiger charge is -2.17. The minimum absolute atomic E-state index is 0.173.